The first-order valence-corrected chi connectivity index (χ1v) is 6.35. The van der Waals surface area contributed by atoms with Gasteiger partial charge in [0.05, 0.1) is 5.69 Å². The molecular formula is C13H9F2NOS. The molecule has 2 heterocycles. The zero-order valence-corrected chi connectivity index (χ0v) is 10.1. The molecule has 2 nitrogen and oxygen atoms in total. The minimum absolute atomic E-state index is 0.144. The van der Waals surface area contributed by atoms with Crippen molar-refractivity contribution in [3.63, 3.8) is 0 Å². The van der Waals surface area contributed by atoms with Gasteiger partial charge in [-0.15, -0.1) is 11.3 Å². The van der Waals surface area contributed by atoms with Crippen LogP contribution in [0.4, 0.5) is 14.5 Å². The average molecular weight is 265 g/mol. The summed E-state index contributed by atoms with van der Waals surface area (Å²) in [5.41, 5.74) is 1.10. The lowest BCUT2D eigenvalue weighted by Gasteiger charge is -2.23. The molecule has 0 saturated heterocycles. The minimum Gasteiger partial charge on any atom is -0.325 e. The van der Waals surface area contributed by atoms with E-state index in [1.165, 1.54) is 23.5 Å². The maximum Gasteiger partial charge on any atom is 0.225 e. The molecule has 0 spiro atoms. The molecule has 0 radical (unpaired) electrons. The summed E-state index contributed by atoms with van der Waals surface area (Å²) >= 11 is 1.47. The molecule has 0 fully saturated rings. The van der Waals surface area contributed by atoms with Crippen molar-refractivity contribution in [2.75, 3.05) is 5.32 Å². The number of hydrogen-bond acceptors (Lipinski definition) is 2. The highest BCUT2D eigenvalue weighted by molar-refractivity contribution is 7.10. The normalized spacial score (nSPS) is 18.3. The monoisotopic (exact) mass is 265 g/mol. The molecule has 0 unspecified atom stereocenters. The third-order valence-corrected chi connectivity index (χ3v) is 4.04. The van der Waals surface area contributed by atoms with Crippen molar-refractivity contribution in [2.24, 2.45) is 0 Å². The lowest BCUT2D eigenvalue weighted by atomic mass is 9.90. The quantitative estimate of drug-likeness (QED) is 0.840. The highest BCUT2D eigenvalue weighted by Crippen LogP contribution is 2.41. The summed E-state index contributed by atoms with van der Waals surface area (Å²) in [5.74, 6) is -1.68. The van der Waals surface area contributed by atoms with Crippen molar-refractivity contribution in [1.29, 1.82) is 0 Å². The number of thiophene rings is 1. The third-order valence-electron chi connectivity index (χ3n) is 3.01. The summed E-state index contributed by atoms with van der Waals surface area (Å²) in [7, 11) is 0. The predicted octanol–water partition coefficient (Wildman–Crippen LogP) is 3.50. The summed E-state index contributed by atoms with van der Waals surface area (Å²) in [6, 6.07) is 5.29. The van der Waals surface area contributed by atoms with E-state index in [2.05, 4.69) is 5.32 Å². The second-order valence-electron chi connectivity index (χ2n) is 4.17. The van der Waals surface area contributed by atoms with Crippen LogP contribution in [-0.2, 0) is 4.79 Å². The molecule has 0 bridgehead atoms. The van der Waals surface area contributed by atoms with Gasteiger partial charge in [0.15, 0.2) is 0 Å². The summed E-state index contributed by atoms with van der Waals surface area (Å²) in [4.78, 5) is 12.5. The maximum atomic E-state index is 13.8. The SMILES string of the molecule is O=C1C[C@H](c2ccc(F)cc2F)c2sccc2N1. The zero-order valence-electron chi connectivity index (χ0n) is 9.24. The molecule has 3 rings (SSSR count). The Morgan fingerprint density at radius 2 is 2.11 bits per heavy atom. The van der Waals surface area contributed by atoms with Crippen LogP contribution in [0, 0.1) is 11.6 Å². The van der Waals surface area contributed by atoms with Crippen molar-refractivity contribution < 1.29 is 13.6 Å². The van der Waals surface area contributed by atoms with Gasteiger partial charge < -0.3 is 5.32 Å². The van der Waals surface area contributed by atoms with Gasteiger partial charge in [-0.2, -0.15) is 0 Å². The minimum atomic E-state index is -0.608. The van der Waals surface area contributed by atoms with Crippen molar-refractivity contribution >= 4 is 22.9 Å². The van der Waals surface area contributed by atoms with Gasteiger partial charge in [-0.3, -0.25) is 4.79 Å². The largest absolute Gasteiger partial charge is 0.325 e. The summed E-state index contributed by atoms with van der Waals surface area (Å²) in [6.07, 6.45) is 0.191. The fourth-order valence-electron chi connectivity index (χ4n) is 2.21. The number of amides is 1. The number of carbonyl (C=O) groups is 1. The summed E-state index contributed by atoms with van der Waals surface area (Å²) < 4.78 is 26.7. The van der Waals surface area contributed by atoms with E-state index in [1.807, 2.05) is 5.38 Å². The zero-order chi connectivity index (χ0) is 12.7. The molecule has 1 aromatic carbocycles. The van der Waals surface area contributed by atoms with E-state index >= 15 is 0 Å². The Labute approximate surface area is 106 Å². The van der Waals surface area contributed by atoms with Gasteiger partial charge in [0.2, 0.25) is 5.91 Å². The van der Waals surface area contributed by atoms with Crippen LogP contribution >= 0.6 is 11.3 Å². The molecule has 1 amide bonds. The van der Waals surface area contributed by atoms with Gasteiger partial charge in [-0.1, -0.05) is 6.07 Å². The average Bonchev–Trinajstić information content (AvgIpc) is 2.76. The van der Waals surface area contributed by atoms with Crippen molar-refractivity contribution in [3.8, 4) is 0 Å². The van der Waals surface area contributed by atoms with E-state index in [-0.39, 0.29) is 18.2 Å². The molecule has 92 valence electrons. The number of nitrogens with one attached hydrogen (secondary N) is 1. The molecule has 0 aliphatic carbocycles. The molecule has 1 atom stereocenters. The highest BCUT2D eigenvalue weighted by atomic mass is 32.1. The van der Waals surface area contributed by atoms with Gasteiger partial charge in [0, 0.05) is 23.3 Å². The first kappa shape index (κ1) is 11.3. The topological polar surface area (TPSA) is 29.1 Å². The molecular weight excluding hydrogens is 256 g/mol. The third kappa shape index (κ3) is 1.80. The fourth-order valence-corrected chi connectivity index (χ4v) is 3.18. The standard InChI is InChI=1S/C13H9F2NOS/c14-7-1-2-8(10(15)5-7)9-6-12(17)16-11-3-4-18-13(9)11/h1-5,9H,6H2,(H,16,17)/t9-/m1/s1. The molecule has 18 heavy (non-hydrogen) atoms. The van der Waals surface area contributed by atoms with Gasteiger partial charge >= 0.3 is 0 Å². The Kier molecular flexibility index (Phi) is 2.63. The van der Waals surface area contributed by atoms with Gasteiger partial charge in [-0.25, -0.2) is 8.78 Å². The van der Waals surface area contributed by atoms with Crippen LogP contribution in [0.1, 0.15) is 22.8 Å². The van der Waals surface area contributed by atoms with Crippen molar-refractivity contribution in [3.05, 3.63) is 51.7 Å². The smallest absolute Gasteiger partial charge is 0.225 e. The van der Waals surface area contributed by atoms with Crippen LogP contribution in [0.25, 0.3) is 0 Å². The number of hydrogen-bond donors (Lipinski definition) is 1. The number of benzene rings is 1. The Morgan fingerprint density at radius 3 is 2.89 bits per heavy atom. The van der Waals surface area contributed by atoms with Crippen LogP contribution in [0.3, 0.4) is 0 Å². The first-order chi connectivity index (χ1) is 8.65. The Balaban J connectivity index is 2.10. The Hall–Kier alpha value is -1.75. The Morgan fingerprint density at radius 1 is 1.28 bits per heavy atom. The van der Waals surface area contributed by atoms with Crippen LogP contribution in [0.15, 0.2) is 29.6 Å². The van der Waals surface area contributed by atoms with Gasteiger partial charge in [-0.05, 0) is 23.1 Å². The first-order valence-electron chi connectivity index (χ1n) is 5.47. The number of halogens is 2. The number of fused-ring (bicyclic) bond motifs is 1. The number of rotatable bonds is 1. The Bertz CT molecular complexity index is 623. The second-order valence-corrected chi connectivity index (χ2v) is 5.12. The summed E-state index contributed by atoms with van der Waals surface area (Å²) in [5, 5.41) is 4.60. The van der Waals surface area contributed by atoms with Crippen LogP contribution < -0.4 is 5.32 Å². The lowest BCUT2D eigenvalue weighted by molar-refractivity contribution is -0.116. The van der Waals surface area contributed by atoms with Crippen molar-refractivity contribution in [1.82, 2.24) is 0 Å². The molecule has 1 aromatic heterocycles. The van der Waals surface area contributed by atoms with Crippen LogP contribution in [0.2, 0.25) is 0 Å². The van der Waals surface area contributed by atoms with Crippen LogP contribution in [0.5, 0.6) is 0 Å². The van der Waals surface area contributed by atoms with E-state index in [4.69, 9.17) is 0 Å². The second kappa shape index (κ2) is 4.17. The lowest BCUT2D eigenvalue weighted by Crippen LogP contribution is -2.22. The predicted molar refractivity (Wildman–Crippen MR) is 65.8 cm³/mol. The number of anilines is 1. The molecule has 1 aliphatic heterocycles. The molecule has 2 aromatic rings. The van der Waals surface area contributed by atoms with Gasteiger partial charge in [0.1, 0.15) is 11.6 Å². The fraction of sp³-hybridized carbons (Fsp3) is 0.154. The van der Waals surface area contributed by atoms with Gasteiger partial charge in [0.25, 0.3) is 0 Å². The highest BCUT2D eigenvalue weighted by Gasteiger charge is 2.29. The molecule has 5 heteroatoms. The van der Waals surface area contributed by atoms with E-state index in [9.17, 15) is 13.6 Å². The van der Waals surface area contributed by atoms with Crippen LogP contribution in [-0.4, -0.2) is 5.91 Å². The maximum absolute atomic E-state index is 13.8. The van der Waals surface area contributed by atoms with E-state index in [0.717, 1.165) is 16.6 Å². The molecule has 1 N–H and O–H groups in total. The van der Waals surface area contributed by atoms with E-state index in [1.54, 1.807) is 6.07 Å². The summed E-state index contributed by atoms with van der Waals surface area (Å²) in [6.45, 7) is 0. The molecule has 0 saturated carbocycles. The van der Waals surface area contributed by atoms with E-state index < -0.39 is 11.6 Å². The molecule has 1 aliphatic rings. The van der Waals surface area contributed by atoms with E-state index in [0.29, 0.717) is 5.56 Å². The number of carbonyl (C=O) groups excluding carboxylic acids is 1. The van der Waals surface area contributed by atoms with Crippen molar-refractivity contribution in [2.45, 2.75) is 12.3 Å².